The Morgan fingerprint density at radius 2 is 2.04 bits per heavy atom. The van der Waals surface area contributed by atoms with Gasteiger partial charge in [-0.15, -0.1) is 0 Å². The fourth-order valence-electron chi connectivity index (χ4n) is 2.36. The molecule has 27 heavy (non-hydrogen) atoms. The van der Waals surface area contributed by atoms with Gasteiger partial charge in [0.25, 0.3) is 5.91 Å². The van der Waals surface area contributed by atoms with Gasteiger partial charge in [0.05, 0.1) is 6.61 Å². The second-order valence-corrected chi connectivity index (χ2v) is 7.32. The number of methoxy groups -OCH3 is 1. The van der Waals surface area contributed by atoms with Crippen molar-refractivity contribution in [1.82, 2.24) is 15.3 Å². The lowest BCUT2D eigenvalue weighted by atomic mass is 10.1. The smallest absolute Gasteiger partial charge is 0.251 e. The summed E-state index contributed by atoms with van der Waals surface area (Å²) in [5.41, 5.74) is 1.71. The predicted octanol–water partition coefficient (Wildman–Crippen LogP) is 3.64. The van der Waals surface area contributed by atoms with Crippen molar-refractivity contribution in [2.75, 3.05) is 38.8 Å². The van der Waals surface area contributed by atoms with E-state index in [4.69, 9.17) is 16.3 Å². The van der Waals surface area contributed by atoms with E-state index in [1.54, 1.807) is 13.2 Å². The van der Waals surface area contributed by atoms with Crippen LogP contribution in [-0.4, -0.2) is 49.7 Å². The third-order valence-electron chi connectivity index (χ3n) is 3.79. The van der Waals surface area contributed by atoms with Crippen LogP contribution in [0, 0.1) is 0 Å². The molecule has 0 bridgehead atoms. The van der Waals surface area contributed by atoms with Crippen LogP contribution in [0.15, 0.2) is 35.5 Å². The molecule has 0 unspecified atom stereocenters. The lowest BCUT2D eigenvalue weighted by molar-refractivity contribution is 0.0937. The summed E-state index contributed by atoms with van der Waals surface area (Å²) in [6.45, 7) is 4.02. The molecular weight excluding hydrogens is 384 g/mol. The van der Waals surface area contributed by atoms with Crippen LogP contribution in [0.5, 0.6) is 0 Å². The van der Waals surface area contributed by atoms with Gasteiger partial charge in [-0.05, 0) is 24.1 Å². The fraction of sp³-hybridized carbons (Fsp3) is 0.421. The zero-order valence-electron chi connectivity index (χ0n) is 15.9. The highest BCUT2D eigenvalue weighted by Crippen LogP contribution is 2.24. The molecule has 2 rings (SSSR count). The summed E-state index contributed by atoms with van der Waals surface area (Å²) in [5.74, 6) is 1.42. The Kier molecular flexibility index (Phi) is 8.84. The van der Waals surface area contributed by atoms with Crippen LogP contribution in [0.3, 0.4) is 0 Å². The molecule has 0 fully saturated rings. The van der Waals surface area contributed by atoms with E-state index in [9.17, 15) is 4.79 Å². The molecule has 0 aliphatic carbocycles. The number of ether oxygens (including phenoxy) is 1. The number of carbonyl (C=O) groups excluding carboxylic acids is 1. The predicted molar refractivity (Wildman–Crippen MR) is 111 cm³/mol. The topological polar surface area (TPSA) is 67.4 Å². The lowest BCUT2D eigenvalue weighted by Crippen LogP contribution is -2.26. The maximum Gasteiger partial charge on any atom is 0.251 e. The van der Waals surface area contributed by atoms with Crippen molar-refractivity contribution in [3.05, 3.63) is 46.6 Å². The fourth-order valence-corrected chi connectivity index (χ4v) is 3.40. The van der Waals surface area contributed by atoms with E-state index < -0.39 is 0 Å². The first-order valence-corrected chi connectivity index (χ1v) is 10.1. The van der Waals surface area contributed by atoms with Crippen LogP contribution >= 0.6 is 23.4 Å². The number of nitrogens with zero attached hydrogens (tertiary/aromatic N) is 3. The van der Waals surface area contributed by atoms with Gasteiger partial charge in [0.15, 0.2) is 5.16 Å². The molecule has 8 heteroatoms. The number of nitrogens with one attached hydrogen (secondary N) is 1. The van der Waals surface area contributed by atoms with Gasteiger partial charge in [0, 0.05) is 44.6 Å². The molecule has 1 aromatic heterocycles. The Hall–Kier alpha value is -1.83. The number of halogens is 1. The van der Waals surface area contributed by atoms with Crippen molar-refractivity contribution < 1.29 is 9.53 Å². The van der Waals surface area contributed by atoms with Crippen LogP contribution < -0.4 is 10.2 Å². The molecule has 6 nitrogen and oxygen atoms in total. The summed E-state index contributed by atoms with van der Waals surface area (Å²) in [6.07, 6.45) is 1.03. The summed E-state index contributed by atoms with van der Waals surface area (Å²) in [6, 6.07) is 9.28. The molecule has 0 aliphatic rings. The molecule has 0 atom stereocenters. The van der Waals surface area contributed by atoms with E-state index in [1.807, 2.05) is 31.3 Å². The Bertz CT molecular complexity index is 743. The summed E-state index contributed by atoms with van der Waals surface area (Å²) in [5, 5.41) is 3.88. The number of aromatic nitrogens is 2. The van der Waals surface area contributed by atoms with Gasteiger partial charge in [-0.3, -0.25) is 4.79 Å². The Labute approximate surface area is 169 Å². The number of hydrogen-bond acceptors (Lipinski definition) is 6. The number of carbonyl (C=O) groups is 1. The van der Waals surface area contributed by atoms with E-state index in [-0.39, 0.29) is 5.91 Å². The first-order valence-electron chi connectivity index (χ1n) is 8.78. The van der Waals surface area contributed by atoms with Gasteiger partial charge in [-0.1, -0.05) is 42.4 Å². The Morgan fingerprint density at radius 1 is 1.30 bits per heavy atom. The van der Waals surface area contributed by atoms with Gasteiger partial charge in [0.2, 0.25) is 0 Å². The number of anilines is 1. The second kappa shape index (κ2) is 11.1. The average molecular weight is 409 g/mol. The van der Waals surface area contributed by atoms with E-state index in [0.717, 1.165) is 24.3 Å². The zero-order valence-corrected chi connectivity index (χ0v) is 17.4. The van der Waals surface area contributed by atoms with Crippen LogP contribution in [0.25, 0.3) is 0 Å². The van der Waals surface area contributed by atoms with E-state index in [1.165, 1.54) is 11.8 Å². The second-order valence-electron chi connectivity index (χ2n) is 5.99. The molecule has 0 aliphatic heterocycles. The van der Waals surface area contributed by atoms with Gasteiger partial charge in [-0.25, -0.2) is 9.97 Å². The van der Waals surface area contributed by atoms with E-state index >= 15 is 0 Å². The van der Waals surface area contributed by atoms with Crippen LogP contribution in [0.2, 0.25) is 5.15 Å². The molecule has 0 saturated heterocycles. The van der Waals surface area contributed by atoms with Crippen molar-refractivity contribution in [3.8, 4) is 0 Å². The van der Waals surface area contributed by atoms with Crippen molar-refractivity contribution in [2.45, 2.75) is 24.3 Å². The van der Waals surface area contributed by atoms with Gasteiger partial charge >= 0.3 is 0 Å². The quantitative estimate of drug-likeness (QED) is 0.280. The normalized spacial score (nSPS) is 10.7. The molecule has 0 saturated carbocycles. The number of rotatable bonds is 10. The van der Waals surface area contributed by atoms with Crippen molar-refractivity contribution in [3.63, 3.8) is 0 Å². The Balaban J connectivity index is 1.95. The highest BCUT2D eigenvalue weighted by Gasteiger charge is 2.09. The molecule has 2 aromatic rings. The van der Waals surface area contributed by atoms with Gasteiger partial charge in [-0.2, -0.15) is 0 Å². The van der Waals surface area contributed by atoms with Crippen molar-refractivity contribution >= 4 is 35.1 Å². The molecular formula is C19H25ClN4O2S. The number of benzene rings is 1. The minimum Gasteiger partial charge on any atom is -0.383 e. The minimum atomic E-state index is -0.104. The summed E-state index contributed by atoms with van der Waals surface area (Å²) in [7, 11) is 3.60. The highest BCUT2D eigenvalue weighted by atomic mass is 35.5. The number of hydrogen-bond donors (Lipinski definition) is 1. The van der Waals surface area contributed by atoms with Crippen LogP contribution in [0.4, 0.5) is 5.82 Å². The lowest BCUT2D eigenvalue weighted by Gasteiger charge is -2.17. The van der Waals surface area contributed by atoms with E-state index in [0.29, 0.717) is 34.8 Å². The van der Waals surface area contributed by atoms with Crippen LogP contribution in [0.1, 0.15) is 29.3 Å². The maximum atomic E-state index is 12.0. The zero-order chi connectivity index (χ0) is 19.6. The van der Waals surface area contributed by atoms with Gasteiger partial charge in [0.1, 0.15) is 11.0 Å². The molecule has 0 spiro atoms. The standard InChI is InChI=1S/C19H25ClN4O2S/c1-4-10-24(2)17-12-16(20)22-19(23-17)27-13-14-5-7-15(8-6-14)18(25)21-9-11-26-3/h5-8,12H,4,9-11,13H2,1-3H3,(H,21,25). The third-order valence-corrected chi connectivity index (χ3v) is 4.90. The molecule has 1 amide bonds. The van der Waals surface area contributed by atoms with Crippen molar-refractivity contribution in [1.29, 1.82) is 0 Å². The Morgan fingerprint density at radius 3 is 2.70 bits per heavy atom. The third kappa shape index (κ3) is 7.01. The molecule has 1 N–H and O–H groups in total. The molecule has 1 aromatic carbocycles. The minimum absolute atomic E-state index is 0.104. The monoisotopic (exact) mass is 408 g/mol. The first kappa shape index (κ1) is 21.5. The maximum absolute atomic E-state index is 12.0. The highest BCUT2D eigenvalue weighted by molar-refractivity contribution is 7.98. The van der Waals surface area contributed by atoms with Crippen molar-refractivity contribution in [2.24, 2.45) is 0 Å². The SMILES string of the molecule is CCCN(C)c1cc(Cl)nc(SCc2ccc(C(=O)NCCOC)cc2)n1. The number of thioether (sulfide) groups is 1. The molecule has 146 valence electrons. The van der Waals surface area contributed by atoms with E-state index in [2.05, 4.69) is 27.1 Å². The molecule has 1 heterocycles. The van der Waals surface area contributed by atoms with Crippen LogP contribution in [-0.2, 0) is 10.5 Å². The average Bonchev–Trinajstić information content (AvgIpc) is 2.66. The number of amides is 1. The van der Waals surface area contributed by atoms with Gasteiger partial charge < -0.3 is 15.0 Å². The first-order chi connectivity index (χ1) is 13.0. The molecule has 0 radical (unpaired) electrons. The summed E-state index contributed by atoms with van der Waals surface area (Å²) < 4.78 is 4.92. The largest absolute Gasteiger partial charge is 0.383 e. The summed E-state index contributed by atoms with van der Waals surface area (Å²) in [4.78, 5) is 22.9. The summed E-state index contributed by atoms with van der Waals surface area (Å²) >= 11 is 7.66.